The normalized spacial score (nSPS) is 10.8. The van der Waals surface area contributed by atoms with Crippen LogP contribution in [0.3, 0.4) is 0 Å². The number of benzene rings is 8. The van der Waals surface area contributed by atoms with Gasteiger partial charge in [0.25, 0.3) is 6.43 Å². The summed E-state index contributed by atoms with van der Waals surface area (Å²) < 4.78 is 190. The predicted molar refractivity (Wildman–Crippen MR) is 361 cm³/mol. The minimum absolute atomic E-state index is 0. The second-order valence-corrected chi connectivity index (χ2v) is 22.6. The summed E-state index contributed by atoms with van der Waals surface area (Å²) in [7, 11) is 11.4. The molecule has 0 bridgehead atoms. The third-order valence-corrected chi connectivity index (χ3v) is 15.6. The van der Waals surface area contributed by atoms with E-state index in [1.807, 2.05) is 0 Å². The molecule has 4 aromatic heterocycles. The van der Waals surface area contributed by atoms with Crippen molar-refractivity contribution in [1.29, 1.82) is 0 Å². The molecule has 0 saturated carbocycles. The van der Waals surface area contributed by atoms with Gasteiger partial charge in [0.2, 0.25) is 0 Å². The van der Waals surface area contributed by atoms with Crippen molar-refractivity contribution in [2.45, 2.75) is 56.2 Å². The fourth-order valence-electron chi connectivity index (χ4n) is 9.67. The molecule has 45 heteroatoms. The fourth-order valence-corrected chi connectivity index (χ4v) is 10.4. The van der Waals surface area contributed by atoms with Crippen molar-refractivity contribution in [2.24, 2.45) is 28.2 Å². The second kappa shape index (κ2) is 44.3. The molecule has 0 amide bonds. The van der Waals surface area contributed by atoms with Crippen LogP contribution in [0, 0.1) is 24.3 Å². The Kier molecular flexibility index (Phi) is 37.2. The Morgan fingerprint density at radius 2 is 0.681 bits per heavy atom. The van der Waals surface area contributed by atoms with E-state index in [1.165, 1.54) is 129 Å². The summed E-state index contributed by atoms with van der Waals surface area (Å²) in [6.45, 7) is -4.04. The van der Waals surface area contributed by atoms with Crippen LogP contribution in [0.15, 0.2) is 170 Å². The number of halogens is 10. The Hall–Kier alpha value is -8.69. The molecule has 0 unspecified atom stereocenters. The summed E-state index contributed by atoms with van der Waals surface area (Å²) in [5, 5.41) is 29.3. The molecule has 586 valence electrons. The first kappa shape index (κ1) is 94.9. The molecule has 113 heavy (non-hydrogen) atoms. The molecule has 0 fully saturated rings. The van der Waals surface area contributed by atoms with Crippen molar-refractivity contribution < 1.29 is 222 Å². The average Bonchev–Trinajstić information content (AvgIpc) is 1.74. The predicted octanol–water partition coefficient (Wildman–Crippen LogP) is 9.45. The van der Waals surface area contributed by atoms with Crippen LogP contribution in [-0.2, 0) is 185 Å². The van der Waals surface area contributed by atoms with Crippen LogP contribution < -0.4 is 70.1 Å². The van der Waals surface area contributed by atoms with E-state index in [-0.39, 0.29) is 236 Å². The summed E-state index contributed by atoms with van der Waals surface area (Å²) in [4.78, 5) is 48.6. The number of thioether (sulfide) groups is 1. The van der Waals surface area contributed by atoms with Crippen molar-refractivity contribution in [3.05, 3.63) is 240 Å². The molecule has 8 aromatic carbocycles. The van der Waals surface area contributed by atoms with Gasteiger partial charge in [-0.25, -0.2) is 28.0 Å². The molecule has 0 N–H and O–H groups in total. The van der Waals surface area contributed by atoms with Gasteiger partial charge in [-0.2, -0.15) is 108 Å². The zero-order valence-corrected chi connectivity index (χ0v) is 72.4. The summed E-state index contributed by atoms with van der Waals surface area (Å²) in [5.74, 6) is 2.24. The summed E-state index contributed by atoms with van der Waals surface area (Å²) in [6.07, 6.45) is -7.67. The number of hydrogen-bond acceptors (Lipinski definition) is 23. The van der Waals surface area contributed by atoms with Crippen molar-refractivity contribution in [1.82, 2.24) is 79.2 Å². The SMILES string of the molecule is COc1c[c-]ccc1OCc1c(C(F)F)cccc1-n1nnn(C)c1=O.COc1c[c-]ccc1OCc1c(OC(F)(F)F)cccc1-n1nnn(C)c1=O.COc1c[c-]ccc1OCc1c(OC(F)F)cccc1-n1nnn(C)c1=O.COc1c[c-]ccc1OCc1c(SC(F)(F)F)cccc1-n1nnn(C)c1=O.[Y].[Y].[Y].[Y]. The van der Waals surface area contributed by atoms with Gasteiger partial charge in [0, 0.05) is 204 Å². The number of aryl methyl sites for hydroxylation is 4. The van der Waals surface area contributed by atoms with Gasteiger partial charge < -0.3 is 47.4 Å². The first-order valence-electron chi connectivity index (χ1n) is 31.0. The number of methoxy groups -OCH3 is 4. The van der Waals surface area contributed by atoms with Crippen molar-refractivity contribution in [2.75, 3.05) is 28.4 Å². The van der Waals surface area contributed by atoms with Crippen LogP contribution in [0.2, 0.25) is 0 Å². The first-order chi connectivity index (χ1) is 52.1. The van der Waals surface area contributed by atoms with E-state index in [0.29, 0.717) is 40.2 Å². The molecule has 4 heterocycles. The average molecular weight is 1900 g/mol. The summed E-state index contributed by atoms with van der Waals surface area (Å²) in [6, 6.07) is 46.8. The van der Waals surface area contributed by atoms with Gasteiger partial charge in [-0.1, -0.05) is 30.3 Å². The van der Waals surface area contributed by atoms with Crippen molar-refractivity contribution in [3.63, 3.8) is 0 Å². The molecule has 30 nitrogen and oxygen atoms in total. The van der Waals surface area contributed by atoms with Crippen LogP contribution in [0.4, 0.5) is 43.9 Å². The number of alkyl halides is 10. The van der Waals surface area contributed by atoms with E-state index in [2.05, 4.69) is 75.4 Å². The molecule has 4 radical (unpaired) electrons. The minimum Gasteiger partial charge on any atom is -0.551 e. The van der Waals surface area contributed by atoms with Crippen molar-refractivity contribution in [3.8, 4) is 80.2 Å². The van der Waals surface area contributed by atoms with Crippen LogP contribution in [-0.4, -0.2) is 126 Å². The fraction of sp³-hybridized carbons (Fsp3) is 0.235. The van der Waals surface area contributed by atoms with Gasteiger partial charge in [0.15, 0.2) is 0 Å². The van der Waals surface area contributed by atoms with Gasteiger partial charge in [-0.3, -0.25) is 0 Å². The molecule has 0 spiro atoms. The molecule has 0 atom stereocenters. The molecule has 0 aliphatic carbocycles. The van der Waals surface area contributed by atoms with E-state index >= 15 is 0 Å². The number of hydrogen-bond donors (Lipinski definition) is 0. The third-order valence-electron chi connectivity index (χ3n) is 14.7. The molecule has 12 aromatic rings. The topological polar surface area (TPSA) is 303 Å². The van der Waals surface area contributed by atoms with Crippen LogP contribution in [0.25, 0.3) is 22.7 Å². The Morgan fingerprint density at radius 1 is 0.381 bits per heavy atom. The van der Waals surface area contributed by atoms with Crippen LogP contribution in [0.1, 0.15) is 34.2 Å². The van der Waals surface area contributed by atoms with E-state index < -0.39 is 53.4 Å². The van der Waals surface area contributed by atoms with Gasteiger partial charge in [-0.15, -0.1) is 61.7 Å². The number of nitrogens with zero attached hydrogens (tertiary/aromatic N) is 16. The standard InChI is InChI=1S/C17H14F3N4O4.C17H14F3N4O3S.C17H15F2N4O4.C17H15F2N4O3.4Y/c1-23-16(25)24(22-21-23)12-6-5-9-13(28-17(18,19)20)11(12)10-27-15-8-4-3-7-14(15)26-2;1-23-16(25)24(22-21-23)12-6-5-9-15(28-17(18,19)20)11(12)10-27-14-8-4-3-7-13(14)26-2;1-22-17(24)23(21-20-22)12-6-5-9-13(27-16(18)19)11(12)10-26-15-8-4-3-7-14(15)25-2;1-22-17(24)23(21-20-22)13-7-5-6-11(16(18)19)12(13)10-26-15-9-4-3-8-14(15)25-2;;;;/h2*4-9H,10H2,1-2H3;4-9,16H,10H2,1-2H3;4-9,16H,10H2,1-2H3;;;;/q4*-1;;;;. The van der Waals surface area contributed by atoms with Gasteiger partial charge in [-0.05, 0) is 95.9 Å². The summed E-state index contributed by atoms with van der Waals surface area (Å²) in [5.41, 5.74) is -6.07. The maximum absolute atomic E-state index is 13.5. The summed E-state index contributed by atoms with van der Waals surface area (Å²) >= 11 is -0.294. The Morgan fingerprint density at radius 3 is 0.991 bits per heavy atom. The van der Waals surface area contributed by atoms with Gasteiger partial charge in [0.1, 0.15) is 37.9 Å². The molecule has 0 saturated heterocycles. The number of ether oxygens (including phenoxy) is 10. The van der Waals surface area contributed by atoms with E-state index in [4.69, 9.17) is 37.9 Å². The third kappa shape index (κ3) is 25.2. The van der Waals surface area contributed by atoms with E-state index in [1.54, 1.807) is 66.7 Å². The number of tetrazole rings is 4. The first-order valence-corrected chi connectivity index (χ1v) is 31.8. The van der Waals surface area contributed by atoms with Crippen LogP contribution >= 0.6 is 11.8 Å². The maximum atomic E-state index is 13.5. The molecular weight excluding hydrogens is 1840 g/mol. The van der Waals surface area contributed by atoms with E-state index in [0.717, 1.165) is 43.5 Å². The number of aromatic nitrogens is 16. The van der Waals surface area contributed by atoms with Gasteiger partial charge in [0.05, 0.1) is 85.3 Å². The quantitative estimate of drug-likeness (QED) is 0.0292. The molecule has 12 rings (SSSR count). The second-order valence-electron chi connectivity index (χ2n) is 21.5. The molecular formula is C68H58F10N16O14SY4-4. The minimum atomic E-state index is -4.93. The zero-order valence-electron chi connectivity index (χ0n) is 60.2. The Bertz CT molecular complexity index is 5170. The van der Waals surface area contributed by atoms with Gasteiger partial charge >= 0.3 is 41.2 Å². The largest absolute Gasteiger partial charge is 0.573 e. The maximum Gasteiger partial charge on any atom is 0.573 e. The zero-order chi connectivity index (χ0) is 78.7. The van der Waals surface area contributed by atoms with Crippen molar-refractivity contribution >= 4 is 11.8 Å². The Balaban J connectivity index is 0.000000266. The smallest absolute Gasteiger partial charge is 0.551 e. The van der Waals surface area contributed by atoms with Crippen LogP contribution in [0.5, 0.6) is 57.5 Å². The molecule has 0 aliphatic rings. The monoisotopic (exact) mass is 1900 g/mol. The number of rotatable bonds is 25. The Labute approximate surface area is 738 Å². The molecule has 0 aliphatic heterocycles. The van der Waals surface area contributed by atoms with E-state index in [9.17, 15) is 63.1 Å².